The summed E-state index contributed by atoms with van der Waals surface area (Å²) in [5.74, 6) is -0.231. The van der Waals surface area contributed by atoms with Gasteiger partial charge < -0.3 is 5.32 Å². The summed E-state index contributed by atoms with van der Waals surface area (Å²) in [5, 5.41) is 8.57. The molecule has 1 amide bonds. The number of hydrogen-bond acceptors (Lipinski definition) is 3. The van der Waals surface area contributed by atoms with Gasteiger partial charge in [0.25, 0.3) is 5.91 Å². The summed E-state index contributed by atoms with van der Waals surface area (Å²) in [6.45, 7) is 0.334. The van der Waals surface area contributed by atoms with Crippen LogP contribution in [0.1, 0.15) is 47.8 Å². The third kappa shape index (κ3) is 4.21. The van der Waals surface area contributed by atoms with Crippen molar-refractivity contribution in [1.29, 1.82) is 0 Å². The molecule has 5 nitrogen and oxygen atoms in total. The van der Waals surface area contributed by atoms with Gasteiger partial charge in [-0.3, -0.25) is 14.5 Å². The molecule has 28 heavy (non-hydrogen) atoms. The Bertz CT molecular complexity index is 961. The molecule has 0 radical (unpaired) electrons. The van der Waals surface area contributed by atoms with Crippen LogP contribution in [0.4, 0.5) is 0 Å². The molecule has 1 N–H and O–H groups in total. The third-order valence-electron chi connectivity index (χ3n) is 4.99. The summed E-state index contributed by atoms with van der Waals surface area (Å²) in [4.78, 5) is 16.6. The van der Waals surface area contributed by atoms with E-state index in [0.29, 0.717) is 28.2 Å². The number of hydrogen-bond donors (Lipinski definition) is 1. The van der Waals surface area contributed by atoms with Gasteiger partial charge in [-0.05, 0) is 49.2 Å². The molecule has 1 fully saturated rings. The highest BCUT2D eigenvalue weighted by Crippen LogP contribution is 2.33. The van der Waals surface area contributed by atoms with Crippen molar-refractivity contribution in [3.05, 3.63) is 70.1 Å². The van der Waals surface area contributed by atoms with E-state index < -0.39 is 0 Å². The van der Waals surface area contributed by atoms with Crippen LogP contribution >= 0.6 is 23.2 Å². The molecule has 0 bridgehead atoms. The second kappa shape index (κ2) is 8.33. The molecule has 1 aliphatic carbocycles. The highest BCUT2D eigenvalue weighted by Gasteiger charge is 2.22. The van der Waals surface area contributed by atoms with E-state index in [1.54, 1.807) is 30.6 Å². The topological polar surface area (TPSA) is 59.8 Å². The van der Waals surface area contributed by atoms with E-state index in [2.05, 4.69) is 15.0 Å². The number of nitrogens with one attached hydrogen (secondary N) is 1. The van der Waals surface area contributed by atoms with Crippen LogP contribution in [0.2, 0.25) is 10.0 Å². The molecular formula is C21H20Cl2N4O. The van der Waals surface area contributed by atoms with Gasteiger partial charge in [-0.25, -0.2) is 0 Å². The zero-order valence-electron chi connectivity index (χ0n) is 15.2. The molecule has 2 heterocycles. The fourth-order valence-electron chi connectivity index (χ4n) is 3.65. The molecule has 0 atom stereocenters. The lowest BCUT2D eigenvalue weighted by molar-refractivity contribution is 0.0950. The van der Waals surface area contributed by atoms with Crippen molar-refractivity contribution in [2.24, 2.45) is 0 Å². The van der Waals surface area contributed by atoms with Gasteiger partial charge in [0.15, 0.2) is 0 Å². The SMILES string of the molecule is O=C(NCc1cc(-c2ccncc2)n(C2CCCC2)n1)c1cc(Cl)cc(Cl)c1. The highest BCUT2D eigenvalue weighted by molar-refractivity contribution is 6.35. The first-order valence-electron chi connectivity index (χ1n) is 9.33. The number of nitrogens with zero attached hydrogens (tertiary/aromatic N) is 3. The van der Waals surface area contributed by atoms with Gasteiger partial charge in [-0.15, -0.1) is 0 Å². The monoisotopic (exact) mass is 414 g/mol. The number of carbonyl (C=O) groups is 1. The van der Waals surface area contributed by atoms with Crippen LogP contribution in [0, 0.1) is 0 Å². The normalized spacial score (nSPS) is 14.4. The summed E-state index contributed by atoms with van der Waals surface area (Å²) in [6.07, 6.45) is 8.28. The minimum absolute atomic E-state index is 0.231. The highest BCUT2D eigenvalue weighted by atomic mass is 35.5. The number of aromatic nitrogens is 3. The Morgan fingerprint density at radius 2 is 1.75 bits per heavy atom. The van der Waals surface area contributed by atoms with Crippen molar-refractivity contribution < 1.29 is 4.79 Å². The van der Waals surface area contributed by atoms with Crippen LogP contribution in [0.3, 0.4) is 0 Å². The first kappa shape index (κ1) is 19.0. The lowest BCUT2D eigenvalue weighted by Gasteiger charge is -2.14. The van der Waals surface area contributed by atoms with Crippen molar-refractivity contribution in [3.8, 4) is 11.3 Å². The molecule has 1 aliphatic rings. The van der Waals surface area contributed by atoms with Gasteiger partial charge in [-0.1, -0.05) is 36.0 Å². The Morgan fingerprint density at radius 1 is 1.07 bits per heavy atom. The summed E-state index contributed by atoms with van der Waals surface area (Å²) in [7, 11) is 0. The Morgan fingerprint density at radius 3 is 2.43 bits per heavy atom. The number of halogens is 2. The number of pyridine rings is 1. The Kier molecular flexibility index (Phi) is 5.64. The number of benzene rings is 1. The minimum atomic E-state index is -0.231. The number of rotatable bonds is 5. The van der Waals surface area contributed by atoms with Gasteiger partial charge in [-0.2, -0.15) is 5.10 Å². The van der Waals surface area contributed by atoms with Crippen molar-refractivity contribution in [1.82, 2.24) is 20.1 Å². The quantitative estimate of drug-likeness (QED) is 0.616. The van der Waals surface area contributed by atoms with Gasteiger partial charge in [0.05, 0.1) is 24.0 Å². The standard InChI is InChI=1S/C21H20Cl2N4O/c22-16-9-15(10-17(23)11-16)21(28)25-13-18-12-20(14-5-7-24-8-6-14)27(26-18)19-3-1-2-4-19/h5-12,19H,1-4,13H2,(H,25,28). The third-order valence-corrected chi connectivity index (χ3v) is 5.42. The van der Waals surface area contributed by atoms with E-state index in [1.807, 2.05) is 18.2 Å². The van der Waals surface area contributed by atoms with Crippen LogP contribution in [-0.4, -0.2) is 20.7 Å². The number of amides is 1. The zero-order valence-corrected chi connectivity index (χ0v) is 16.7. The predicted octanol–water partition coefficient (Wildman–Crippen LogP) is 5.30. The van der Waals surface area contributed by atoms with Crippen molar-refractivity contribution in [2.75, 3.05) is 0 Å². The van der Waals surface area contributed by atoms with E-state index in [0.717, 1.165) is 29.8 Å². The van der Waals surface area contributed by atoms with E-state index >= 15 is 0 Å². The van der Waals surface area contributed by atoms with E-state index in [-0.39, 0.29) is 5.91 Å². The average molecular weight is 415 g/mol. The molecule has 1 aromatic carbocycles. The molecule has 1 saturated carbocycles. The van der Waals surface area contributed by atoms with E-state index in [1.165, 1.54) is 12.8 Å². The molecule has 144 valence electrons. The molecule has 7 heteroatoms. The molecule has 2 aromatic heterocycles. The maximum atomic E-state index is 12.5. The fraction of sp³-hybridized carbons (Fsp3) is 0.286. The molecule has 0 spiro atoms. The molecule has 4 rings (SSSR count). The molecular weight excluding hydrogens is 395 g/mol. The largest absolute Gasteiger partial charge is 0.346 e. The van der Waals surface area contributed by atoms with Crippen molar-refractivity contribution in [3.63, 3.8) is 0 Å². The fourth-order valence-corrected chi connectivity index (χ4v) is 4.18. The van der Waals surface area contributed by atoms with Crippen LogP contribution in [0.25, 0.3) is 11.3 Å². The van der Waals surface area contributed by atoms with E-state index in [9.17, 15) is 4.79 Å². The second-order valence-corrected chi connectivity index (χ2v) is 7.85. The summed E-state index contributed by atoms with van der Waals surface area (Å²) < 4.78 is 2.11. The maximum Gasteiger partial charge on any atom is 0.251 e. The zero-order chi connectivity index (χ0) is 19.5. The van der Waals surface area contributed by atoms with Gasteiger partial charge in [0.2, 0.25) is 0 Å². The lowest BCUT2D eigenvalue weighted by Crippen LogP contribution is -2.23. The lowest BCUT2D eigenvalue weighted by atomic mass is 10.1. The summed E-state index contributed by atoms with van der Waals surface area (Å²) >= 11 is 12.0. The smallest absolute Gasteiger partial charge is 0.251 e. The Labute approximate surface area is 173 Å². The molecule has 0 aliphatic heterocycles. The first-order chi connectivity index (χ1) is 13.6. The second-order valence-electron chi connectivity index (χ2n) is 6.98. The van der Waals surface area contributed by atoms with E-state index in [4.69, 9.17) is 28.3 Å². The van der Waals surface area contributed by atoms with Crippen LogP contribution in [0.15, 0.2) is 48.8 Å². The van der Waals surface area contributed by atoms with Crippen LogP contribution < -0.4 is 5.32 Å². The van der Waals surface area contributed by atoms with Crippen molar-refractivity contribution in [2.45, 2.75) is 38.3 Å². The molecule has 0 saturated heterocycles. The summed E-state index contributed by atoms with van der Waals surface area (Å²) in [6, 6.07) is 11.2. The average Bonchev–Trinajstić information content (AvgIpc) is 3.35. The summed E-state index contributed by atoms with van der Waals surface area (Å²) in [5.41, 5.74) is 3.39. The maximum absolute atomic E-state index is 12.5. The Balaban J connectivity index is 1.55. The Hall–Kier alpha value is -2.37. The van der Waals surface area contributed by atoms with Crippen molar-refractivity contribution >= 4 is 29.1 Å². The van der Waals surface area contributed by atoms with Crippen LogP contribution in [0.5, 0.6) is 0 Å². The predicted molar refractivity (Wildman–Crippen MR) is 111 cm³/mol. The molecule has 3 aromatic rings. The molecule has 0 unspecified atom stereocenters. The minimum Gasteiger partial charge on any atom is -0.346 e. The van der Waals surface area contributed by atoms with Gasteiger partial charge in [0.1, 0.15) is 0 Å². The van der Waals surface area contributed by atoms with Gasteiger partial charge in [0, 0.05) is 33.6 Å². The number of carbonyl (C=O) groups excluding carboxylic acids is 1. The van der Waals surface area contributed by atoms with Gasteiger partial charge >= 0.3 is 0 Å². The van der Waals surface area contributed by atoms with Crippen LogP contribution in [-0.2, 0) is 6.54 Å². The first-order valence-corrected chi connectivity index (χ1v) is 10.1.